The number of thioether (sulfide) groups is 1. The lowest BCUT2D eigenvalue weighted by molar-refractivity contribution is -0.143. The molecule has 0 aromatic carbocycles. The van der Waals surface area contributed by atoms with Crippen molar-refractivity contribution in [1.82, 2.24) is 9.80 Å². The molecule has 0 aliphatic carbocycles. The summed E-state index contributed by atoms with van der Waals surface area (Å²) in [7, 11) is 0. The van der Waals surface area contributed by atoms with Crippen LogP contribution in [0.1, 0.15) is 26.2 Å². The number of amides is 2. The molecular formula is C12H18N2O3S. The summed E-state index contributed by atoms with van der Waals surface area (Å²) >= 11 is 1.71. The molecule has 3 aliphatic rings. The molecule has 100 valence electrons. The first-order valence-electron chi connectivity index (χ1n) is 6.44. The van der Waals surface area contributed by atoms with Gasteiger partial charge in [0.15, 0.2) is 0 Å². The zero-order valence-corrected chi connectivity index (χ0v) is 11.3. The van der Waals surface area contributed by atoms with Gasteiger partial charge in [-0.25, -0.2) is 0 Å². The standard InChI is InChI=1S/C12H18N2O3S/c1-12-4-2-10(16)14(12)9(7-18-12)11(17)13-5-3-8(15)6-13/h8-9,15H,2-7H2,1H3/t8-,9?,12?/m0/s1. The zero-order valence-electron chi connectivity index (χ0n) is 10.5. The van der Waals surface area contributed by atoms with Crippen molar-refractivity contribution in [2.24, 2.45) is 0 Å². The summed E-state index contributed by atoms with van der Waals surface area (Å²) in [5.41, 5.74) is 0. The van der Waals surface area contributed by atoms with E-state index < -0.39 is 6.10 Å². The molecule has 3 atom stereocenters. The van der Waals surface area contributed by atoms with Gasteiger partial charge in [-0.1, -0.05) is 0 Å². The smallest absolute Gasteiger partial charge is 0.246 e. The Hall–Kier alpha value is -0.750. The van der Waals surface area contributed by atoms with Crippen molar-refractivity contribution in [3.05, 3.63) is 0 Å². The Kier molecular flexibility index (Phi) is 2.82. The Morgan fingerprint density at radius 2 is 2.33 bits per heavy atom. The number of carbonyl (C=O) groups excluding carboxylic acids is 2. The van der Waals surface area contributed by atoms with Gasteiger partial charge >= 0.3 is 0 Å². The van der Waals surface area contributed by atoms with Gasteiger partial charge in [-0.05, 0) is 19.8 Å². The molecule has 2 unspecified atom stereocenters. The highest BCUT2D eigenvalue weighted by Gasteiger charge is 2.53. The third-order valence-electron chi connectivity index (χ3n) is 4.20. The van der Waals surface area contributed by atoms with Crippen molar-refractivity contribution in [2.45, 2.75) is 43.2 Å². The molecule has 5 nitrogen and oxygen atoms in total. The van der Waals surface area contributed by atoms with Gasteiger partial charge in [0.1, 0.15) is 6.04 Å². The lowest BCUT2D eigenvalue weighted by Crippen LogP contribution is -2.51. The van der Waals surface area contributed by atoms with Gasteiger partial charge in [0.05, 0.1) is 11.0 Å². The van der Waals surface area contributed by atoms with E-state index in [1.54, 1.807) is 21.6 Å². The van der Waals surface area contributed by atoms with Crippen LogP contribution < -0.4 is 0 Å². The van der Waals surface area contributed by atoms with E-state index in [2.05, 4.69) is 6.92 Å². The third-order valence-corrected chi connectivity index (χ3v) is 5.71. The summed E-state index contributed by atoms with van der Waals surface area (Å²) in [5.74, 6) is 0.798. The van der Waals surface area contributed by atoms with Crippen LogP contribution >= 0.6 is 11.8 Å². The summed E-state index contributed by atoms with van der Waals surface area (Å²) in [4.78, 5) is 27.7. The van der Waals surface area contributed by atoms with Crippen molar-refractivity contribution < 1.29 is 14.7 Å². The Labute approximate surface area is 110 Å². The molecule has 3 heterocycles. The molecule has 6 heteroatoms. The van der Waals surface area contributed by atoms with E-state index >= 15 is 0 Å². The van der Waals surface area contributed by atoms with Crippen LogP contribution in [0.3, 0.4) is 0 Å². The first-order valence-corrected chi connectivity index (χ1v) is 7.43. The highest BCUT2D eigenvalue weighted by Crippen LogP contribution is 2.47. The van der Waals surface area contributed by atoms with Crippen LogP contribution in [0.25, 0.3) is 0 Å². The van der Waals surface area contributed by atoms with E-state index in [1.807, 2.05) is 0 Å². The van der Waals surface area contributed by atoms with Crippen LogP contribution in [0.5, 0.6) is 0 Å². The fourth-order valence-electron chi connectivity index (χ4n) is 3.16. The monoisotopic (exact) mass is 270 g/mol. The van der Waals surface area contributed by atoms with Crippen molar-refractivity contribution in [3.63, 3.8) is 0 Å². The number of hydrogen-bond donors (Lipinski definition) is 1. The molecule has 0 radical (unpaired) electrons. The summed E-state index contributed by atoms with van der Waals surface area (Å²) in [5, 5.41) is 9.50. The van der Waals surface area contributed by atoms with Gasteiger partial charge in [-0.3, -0.25) is 9.59 Å². The summed E-state index contributed by atoms with van der Waals surface area (Å²) in [6.45, 7) is 3.08. The first-order chi connectivity index (χ1) is 8.51. The molecule has 0 bridgehead atoms. The fraction of sp³-hybridized carbons (Fsp3) is 0.833. The first kappa shape index (κ1) is 12.3. The summed E-state index contributed by atoms with van der Waals surface area (Å²) in [6, 6.07) is -0.319. The second-order valence-corrected chi connectivity index (χ2v) is 6.99. The van der Waals surface area contributed by atoms with Gasteiger partial charge in [0, 0.05) is 25.3 Å². The van der Waals surface area contributed by atoms with Crippen LogP contribution in [0, 0.1) is 0 Å². The molecule has 0 aromatic heterocycles. The minimum Gasteiger partial charge on any atom is -0.391 e. The van der Waals surface area contributed by atoms with Crippen molar-refractivity contribution in [2.75, 3.05) is 18.8 Å². The Morgan fingerprint density at radius 3 is 3.00 bits per heavy atom. The number of carbonyl (C=O) groups is 2. The van der Waals surface area contributed by atoms with Gasteiger partial charge in [-0.2, -0.15) is 0 Å². The largest absolute Gasteiger partial charge is 0.391 e. The molecule has 3 saturated heterocycles. The average Bonchev–Trinajstić information content (AvgIpc) is 2.96. The number of hydrogen-bond acceptors (Lipinski definition) is 4. The van der Waals surface area contributed by atoms with Crippen LogP contribution in [0.2, 0.25) is 0 Å². The second kappa shape index (κ2) is 4.13. The molecule has 1 N–H and O–H groups in total. The van der Waals surface area contributed by atoms with Crippen molar-refractivity contribution in [1.29, 1.82) is 0 Å². The maximum absolute atomic E-state index is 12.4. The van der Waals surface area contributed by atoms with Crippen LogP contribution in [0.4, 0.5) is 0 Å². The molecule has 3 fully saturated rings. The molecule has 18 heavy (non-hydrogen) atoms. The number of fused-ring (bicyclic) bond motifs is 1. The SMILES string of the molecule is CC12CCC(=O)N1C(C(=O)N1CC[C@H](O)C1)CS2. The van der Waals surface area contributed by atoms with E-state index in [0.717, 1.165) is 6.42 Å². The lowest BCUT2D eigenvalue weighted by atomic mass is 10.2. The second-order valence-electron chi connectivity index (χ2n) is 5.49. The van der Waals surface area contributed by atoms with Gasteiger partial charge in [-0.15, -0.1) is 11.8 Å². The van der Waals surface area contributed by atoms with Crippen LogP contribution in [-0.2, 0) is 9.59 Å². The predicted molar refractivity (Wildman–Crippen MR) is 67.9 cm³/mol. The number of aliphatic hydroxyl groups excluding tert-OH is 1. The third kappa shape index (κ3) is 1.73. The zero-order chi connectivity index (χ0) is 12.9. The van der Waals surface area contributed by atoms with Crippen molar-refractivity contribution in [3.8, 4) is 0 Å². The fourth-order valence-corrected chi connectivity index (χ4v) is 4.58. The number of aliphatic hydroxyl groups is 1. The number of likely N-dealkylation sites (tertiary alicyclic amines) is 1. The Bertz CT molecular complexity index is 403. The topological polar surface area (TPSA) is 60.9 Å². The number of β-amino-alcohol motifs (C(OH)–C–C–N with tert-alkyl or cyclic N) is 1. The van der Waals surface area contributed by atoms with Gasteiger partial charge in [0.2, 0.25) is 11.8 Å². The predicted octanol–water partition coefficient (Wildman–Crippen LogP) is 0.0336. The average molecular weight is 270 g/mol. The normalized spacial score (nSPS) is 39.6. The molecule has 0 aromatic rings. The lowest BCUT2D eigenvalue weighted by Gasteiger charge is -2.31. The molecule has 3 aliphatic heterocycles. The van der Waals surface area contributed by atoms with E-state index in [4.69, 9.17) is 0 Å². The molecule has 0 spiro atoms. The number of rotatable bonds is 1. The van der Waals surface area contributed by atoms with E-state index in [0.29, 0.717) is 31.7 Å². The molecule has 3 rings (SSSR count). The van der Waals surface area contributed by atoms with Crippen molar-refractivity contribution >= 4 is 23.6 Å². The summed E-state index contributed by atoms with van der Waals surface area (Å²) in [6.07, 6.45) is 1.64. The maximum atomic E-state index is 12.4. The van der Waals surface area contributed by atoms with E-state index in [9.17, 15) is 14.7 Å². The Balaban J connectivity index is 1.77. The van der Waals surface area contributed by atoms with Crippen LogP contribution in [0.15, 0.2) is 0 Å². The highest BCUT2D eigenvalue weighted by atomic mass is 32.2. The highest BCUT2D eigenvalue weighted by molar-refractivity contribution is 8.01. The minimum atomic E-state index is -0.399. The van der Waals surface area contributed by atoms with E-state index in [-0.39, 0.29) is 22.7 Å². The van der Waals surface area contributed by atoms with Gasteiger partial charge < -0.3 is 14.9 Å². The van der Waals surface area contributed by atoms with Gasteiger partial charge in [0.25, 0.3) is 0 Å². The van der Waals surface area contributed by atoms with Crippen LogP contribution in [-0.4, -0.2) is 62.6 Å². The molecular weight excluding hydrogens is 252 g/mol. The molecule has 2 amide bonds. The quantitative estimate of drug-likeness (QED) is 0.730. The Morgan fingerprint density at radius 1 is 1.56 bits per heavy atom. The summed E-state index contributed by atoms with van der Waals surface area (Å²) < 4.78 is 0. The molecule has 0 saturated carbocycles. The number of nitrogens with zero attached hydrogens (tertiary/aromatic N) is 2. The minimum absolute atomic E-state index is 0.0121. The maximum Gasteiger partial charge on any atom is 0.246 e. The van der Waals surface area contributed by atoms with E-state index in [1.165, 1.54) is 0 Å².